The minimum Gasteiger partial charge on any atom is -0.495 e. The van der Waals surface area contributed by atoms with Crippen molar-refractivity contribution in [2.24, 2.45) is 0 Å². The zero-order chi connectivity index (χ0) is 31.1. The Balaban J connectivity index is 1.74. The fourth-order valence-corrected chi connectivity index (χ4v) is 4.27. The van der Waals surface area contributed by atoms with E-state index in [0.717, 1.165) is 6.07 Å². The van der Waals surface area contributed by atoms with Gasteiger partial charge in [0.25, 0.3) is 5.91 Å². The number of nitrogens with zero attached hydrogens (tertiary/aromatic N) is 5. The van der Waals surface area contributed by atoms with Crippen LogP contribution in [0.2, 0.25) is 0 Å². The van der Waals surface area contributed by atoms with Gasteiger partial charge in [0.2, 0.25) is 5.95 Å². The summed E-state index contributed by atoms with van der Waals surface area (Å²) in [6.45, 7) is 0.269. The van der Waals surface area contributed by atoms with Crippen molar-refractivity contribution in [1.82, 2.24) is 30.0 Å². The molecule has 1 aromatic carbocycles. The molecule has 4 N–H and O–H groups in total. The summed E-state index contributed by atoms with van der Waals surface area (Å²) in [6.07, 6.45) is -0.973. The lowest BCUT2D eigenvalue weighted by Crippen LogP contribution is -2.22. The maximum atomic E-state index is 15.3. The number of aliphatic hydroxyl groups is 1. The fourth-order valence-electron chi connectivity index (χ4n) is 3.92. The van der Waals surface area contributed by atoms with Crippen molar-refractivity contribution in [3.05, 3.63) is 65.5 Å². The molecule has 0 spiro atoms. The highest BCUT2D eigenvalue weighted by atomic mass is 31.1. The van der Waals surface area contributed by atoms with E-state index in [1.807, 2.05) is 0 Å². The number of methoxy groups -OCH3 is 1. The van der Waals surface area contributed by atoms with Crippen molar-refractivity contribution in [1.29, 1.82) is 0 Å². The van der Waals surface area contributed by atoms with Crippen molar-refractivity contribution < 1.29 is 36.8 Å². The third kappa shape index (κ3) is 7.40. The molecule has 0 bridgehead atoms. The normalized spacial score (nSPS) is 11.4. The van der Waals surface area contributed by atoms with Crippen LogP contribution in [0.3, 0.4) is 0 Å². The summed E-state index contributed by atoms with van der Waals surface area (Å²) in [4.78, 5) is 24.5. The van der Waals surface area contributed by atoms with Gasteiger partial charge in [0.1, 0.15) is 22.8 Å². The predicted octanol–water partition coefficient (Wildman–Crippen LogP) is 4.92. The van der Waals surface area contributed by atoms with Gasteiger partial charge in [-0.15, -0.1) is 0 Å². The summed E-state index contributed by atoms with van der Waals surface area (Å²) in [5.41, 5.74) is -1.12. The van der Waals surface area contributed by atoms with E-state index in [1.165, 1.54) is 31.2 Å². The van der Waals surface area contributed by atoms with Crippen LogP contribution in [0.4, 0.5) is 40.7 Å². The third-order valence-corrected chi connectivity index (χ3v) is 6.47. The van der Waals surface area contributed by atoms with E-state index in [1.54, 1.807) is 18.2 Å². The van der Waals surface area contributed by atoms with Gasteiger partial charge in [0, 0.05) is 44.2 Å². The number of carbonyl (C=O) groups excluding carboxylic acids is 1. The van der Waals surface area contributed by atoms with E-state index in [9.17, 15) is 22.5 Å². The molecule has 0 atom stereocenters. The van der Waals surface area contributed by atoms with Gasteiger partial charge >= 0.3 is 6.18 Å². The summed E-state index contributed by atoms with van der Waals surface area (Å²) in [5.74, 6) is -2.51. The molecule has 0 saturated heterocycles. The number of nitrogens with one attached hydrogen (secondary N) is 3. The molecule has 43 heavy (non-hydrogen) atoms. The van der Waals surface area contributed by atoms with E-state index in [4.69, 9.17) is 9.84 Å². The Morgan fingerprint density at radius 2 is 1.93 bits per heavy atom. The molecule has 3 aromatic heterocycles. The first-order chi connectivity index (χ1) is 20.6. The van der Waals surface area contributed by atoms with Crippen molar-refractivity contribution in [3.8, 4) is 17.0 Å². The number of aromatic nitrogens is 5. The van der Waals surface area contributed by atoms with Crippen molar-refractivity contribution in [3.63, 3.8) is 0 Å². The second-order valence-electron chi connectivity index (χ2n) is 8.89. The van der Waals surface area contributed by atoms with Crippen LogP contribution >= 0.6 is 8.46 Å². The Morgan fingerprint density at radius 3 is 2.60 bits per heavy atom. The van der Waals surface area contributed by atoms with Crippen molar-refractivity contribution in [2.45, 2.75) is 25.3 Å². The molecule has 0 saturated carbocycles. The molecule has 4 aromatic rings. The second-order valence-corrected chi connectivity index (χ2v) is 9.46. The summed E-state index contributed by atoms with van der Waals surface area (Å²) >= 11 is 0. The van der Waals surface area contributed by atoms with Gasteiger partial charge in [-0.1, -0.05) is 6.07 Å². The molecule has 0 aliphatic rings. The first-order valence-electron chi connectivity index (χ1n) is 12.6. The lowest BCUT2D eigenvalue weighted by molar-refractivity contribution is -0.137. The summed E-state index contributed by atoms with van der Waals surface area (Å²) in [5, 5.41) is 20.6. The molecule has 0 aliphatic carbocycles. The predicted molar refractivity (Wildman–Crippen MR) is 148 cm³/mol. The zero-order valence-electron chi connectivity index (χ0n) is 22.7. The summed E-state index contributed by atoms with van der Waals surface area (Å²) in [7, 11) is 2.56. The van der Waals surface area contributed by atoms with E-state index in [-0.39, 0.29) is 44.1 Å². The number of amides is 1. The van der Waals surface area contributed by atoms with Gasteiger partial charge in [0.05, 0.1) is 30.8 Å². The minimum absolute atomic E-state index is 0.0781. The number of aliphatic hydroxyl groups excluding tert-OH is 1. The fraction of sp³-hybridized carbons (Fsp3) is 0.269. The van der Waals surface area contributed by atoms with Gasteiger partial charge in [0.15, 0.2) is 20.0 Å². The number of anilines is 4. The monoisotopic (exact) mass is 620 g/mol. The molecule has 4 rings (SSSR count). The molecule has 226 valence electrons. The van der Waals surface area contributed by atoms with Crippen molar-refractivity contribution >= 4 is 37.5 Å². The third-order valence-electron chi connectivity index (χ3n) is 5.98. The lowest BCUT2D eigenvalue weighted by atomic mass is 10.1. The van der Waals surface area contributed by atoms with Gasteiger partial charge in [-0.2, -0.15) is 23.3 Å². The molecule has 0 aliphatic heterocycles. The van der Waals surface area contributed by atoms with Crippen LogP contribution in [-0.4, -0.2) is 56.5 Å². The van der Waals surface area contributed by atoms with Crippen LogP contribution in [0.1, 0.15) is 28.0 Å². The number of pyridine rings is 1. The quantitative estimate of drug-likeness (QED) is 0.127. The topological polar surface area (TPSA) is 156 Å². The first kappa shape index (κ1) is 31.3. The number of alkyl halides is 3. The SMILES string of the molecule is CNC(=O)c1nc(-c2cnn(CCCO)c2)c(F)cc1Nc1nc(Nc2ccc(CP=O)cc2OC)ncc1C(F)(F)F. The van der Waals surface area contributed by atoms with E-state index in [2.05, 4.69) is 36.0 Å². The number of halogens is 4. The number of aryl methyl sites for hydroxylation is 1. The van der Waals surface area contributed by atoms with Crippen LogP contribution in [0.15, 0.2) is 42.9 Å². The van der Waals surface area contributed by atoms with E-state index < -0.39 is 35.0 Å². The Labute approximate surface area is 243 Å². The molecule has 3 heterocycles. The van der Waals surface area contributed by atoms with Gasteiger partial charge in [-0.05, 0) is 24.1 Å². The molecule has 17 heteroatoms. The second kappa shape index (κ2) is 13.5. The van der Waals surface area contributed by atoms with Gasteiger partial charge < -0.3 is 25.8 Å². The standard InChI is InChI=1S/C26H25F4N8O4P/c1-31-24(40)22-19(9-17(27)21(36-22)15-10-33-38(12-15)6-3-7-39)34-23-16(26(28,29)30)11-32-25(37-23)35-18-5-4-14(13-43-41)8-20(18)42-2/h4-5,8-12,39H,3,6-7,13H2,1-2H3,(H,31,40)(H2,32,34,35,37). The highest BCUT2D eigenvalue weighted by Crippen LogP contribution is 2.37. The summed E-state index contributed by atoms with van der Waals surface area (Å²) in [6, 6.07) is 5.63. The van der Waals surface area contributed by atoms with Crippen LogP contribution in [0.5, 0.6) is 5.75 Å². The van der Waals surface area contributed by atoms with Crippen LogP contribution < -0.4 is 20.7 Å². The van der Waals surface area contributed by atoms with E-state index in [0.29, 0.717) is 36.2 Å². The smallest absolute Gasteiger partial charge is 0.421 e. The minimum atomic E-state index is -4.92. The molecular weight excluding hydrogens is 595 g/mol. The Bertz CT molecular complexity index is 1630. The molecule has 0 fully saturated rings. The van der Waals surface area contributed by atoms with Gasteiger partial charge in [-0.25, -0.2) is 14.4 Å². The average molecular weight is 621 g/mol. The first-order valence-corrected chi connectivity index (χ1v) is 13.6. The highest BCUT2D eigenvalue weighted by Gasteiger charge is 2.36. The number of rotatable bonds is 12. The molecular formula is C26H25F4N8O4P. The molecule has 0 radical (unpaired) electrons. The van der Waals surface area contributed by atoms with E-state index >= 15 is 4.39 Å². The maximum Gasteiger partial charge on any atom is 0.421 e. The zero-order valence-corrected chi connectivity index (χ0v) is 23.6. The van der Waals surface area contributed by atoms with Crippen molar-refractivity contribution in [2.75, 3.05) is 31.4 Å². The highest BCUT2D eigenvalue weighted by molar-refractivity contribution is 7.22. The van der Waals surface area contributed by atoms with Crippen LogP contribution in [-0.2, 0) is 23.4 Å². The largest absolute Gasteiger partial charge is 0.495 e. The number of carbonyl (C=O) groups is 1. The lowest BCUT2D eigenvalue weighted by Gasteiger charge is -2.17. The number of hydrogen-bond donors (Lipinski definition) is 4. The Hall–Kier alpha value is -4.69. The Kier molecular flexibility index (Phi) is 9.83. The molecule has 12 nitrogen and oxygen atoms in total. The van der Waals surface area contributed by atoms with Crippen LogP contribution in [0, 0.1) is 5.82 Å². The number of benzene rings is 1. The summed E-state index contributed by atoms with van der Waals surface area (Å²) < 4.78 is 74.9. The van der Waals surface area contributed by atoms with Crippen LogP contribution in [0.25, 0.3) is 11.3 Å². The maximum absolute atomic E-state index is 15.3. The number of ether oxygens (including phenoxy) is 1. The average Bonchev–Trinajstić information content (AvgIpc) is 3.45. The van der Waals surface area contributed by atoms with Gasteiger partial charge in [-0.3, -0.25) is 14.0 Å². The number of hydrogen-bond acceptors (Lipinski definition) is 10. The molecule has 1 amide bonds. The molecule has 0 unspecified atom stereocenters. The Morgan fingerprint density at radius 1 is 1.14 bits per heavy atom.